The van der Waals surface area contributed by atoms with Crippen molar-refractivity contribution >= 4 is 0 Å². The highest BCUT2D eigenvalue weighted by Crippen LogP contribution is 2.12. The maximum Gasteiger partial charge on any atom is 0.175 e. The zero-order chi connectivity index (χ0) is 12.8. The maximum absolute atomic E-state index is 8.75. The van der Waals surface area contributed by atoms with Gasteiger partial charge < -0.3 is 9.84 Å². The lowest BCUT2D eigenvalue weighted by atomic mass is 10.1. The van der Waals surface area contributed by atoms with Crippen LogP contribution in [0.1, 0.15) is 11.4 Å². The van der Waals surface area contributed by atoms with Crippen molar-refractivity contribution in [2.24, 2.45) is 0 Å². The molecule has 0 atom stereocenters. The highest BCUT2D eigenvalue weighted by molar-refractivity contribution is 5.27. The first kappa shape index (κ1) is 12.5. The van der Waals surface area contributed by atoms with Crippen LogP contribution in [0.25, 0.3) is 0 Å². The van der Waals surface area contributed by atoms with Crippen LogP contribution in [0.3, 0.4) is 0 Å². The van der Waals surface area contributed by atoms with Crippen LogP contribution in [-0.2, 0) is 19.4 Å². The van der Waals surface area contributed by atoms with Gasteiger partial charge in [-0.2, -0.15) is 4.80 Å². The molecule has 2 rings (SSSR count). The molecule has 0 saturated carbocycles. The van der Waals surface area contributed by atoms with Gasteiger partial charge in [-0.25, -0.2) is 0 Å². The molecule has 1 N–H and O–H groups in total. The zero-order valence-electron chi connectivity index (χ0n) is 10.3. The highest BCUT2D eigenvalue weighted by atomic mass is 16.5. The fourth-order valence-electron chi connectivity index (χ4n) is 1.61. The minimum atomic E-state index is 0.0221. The van der Waals surface area contributed by atoms with Crippen molar-refractivity contribution in [3.63, 3.8) is 0 Å². The van der Waals surface area contributed by atoms with Crippen LogP contribution >= 0.6 is 0 Å². The van der Waals surface area contributed by atoms with Crippen molar-refractivity contribution in [1.82, 2.24) is 20.2 Å². The van der Waals surface area contributed by atoms with Crippen LogP contribution in [0, 0.1) is 0 Å². The molecule has 96 valence electrons. The van der Waals surface area contributed by atoms with E-state index in [1.54, 1.807) is 7.11 Å². The number of aliphatic hydroxyl groups excluding tert-OH is 1. The molecule has 0 saturated heterocycles. The lowest BCUT2D eigenvalue weighted by molar-refractivity contribution is 0.259. The molecular formula is C12H16N4O2. The van der Waals surface area contributed by atoms with Crippen molar-refractivity contribution in [1.29, 1.82) is 0 Å². The van der Waals surface area contributed by atoms with Crippen LogP contribution in [0.15, 0.2) is 24.3 Å². The van der Waals surface area contributed by atoms with E-state index in [0.717, 1.165) is 18.6 Å². The SMILES string of the molecule is COc1ccc(CCc2nnn(CCO)n2)cc1. The number of tetrazole rings is 1. The fourth-order valence-corrected chi connectivity index (χ4v) is 1.61. The molecule has 1 aromatic carbocycles. The monoisotopic (exact) mass is 248 g/mol. The quantitative estimate of drug-likeness (QED) is 0.804. The van der Waals surface area contributed by atoms with Gasteiger partial charge in [-0.15, -0.1) is 10.2 Å². The average molecular weight is 248 g/mol. The third-order valence-corrected chi connectivity index (χ3v) is 2.59. The van der Waals surface area contributed by atoms with Crippen LogP contribution < -0.4 is 4.74 Å². The molecule has 0 amide bonds. The Hall–Kier alpha value is -1.95. The molecule has 18 heavy (non-hydrogen) atoms. The Balaban J connectivity index is 1.89. The second kappa shape index (κ2) is 6.11. The summed E-state index contributed by atoms with van der Waals surface area (Å²) in [7, 11) is 1.65. The Kier molecular flexibility index (Phi) is 4.25. The average Bonchev–Trinajstić information content (AvgIpc) is 2.85. The van der Waals surface area contributed by atoms with E-state index in [1.807, 2.05) is 24.3 Å². The molecule has 0 aliphatic rings. The molecule has 0 aliphatic heterocycles. The minimum Gasteiger partial charge on any atom is -0.497 e. The van der Waals surface area contributed by atoms with Gasteiger partial charge in [-0.3, -0.25) is 0 Å². The molecule has 0 aliphatic carbocycles. The largest absolute Gasteiger partial charge is 0.497 e. The second-order valence-electron chi connectivity index (χ2n) is 3.87. The Morgan fingerprint density at radius 3 is 2.67 bits per heavy atom. The first-order valence-corrected chi connectivity index (χ1v) is 5.82. The summed E-state index contributed by atoms with van der Waals surface area (Å²) in [6.45, 7) is 0.407. The Bertz CT molecular complexity index is 481. The molecule has 0 spiro atoms. The molecule has 2 aromatic rings. The molecular weight excluding hydrogens is 232 g/mol. The number of methoxy groups -OCH3 is 1. The van der Waals surface area contributed by atoms with E-state index < -0.39 is 0 Å². The lowest BCUT2D eigenvalue weighted by Crippen LogP contribution is -2.06. The second-order valence-corrected chi connectivity index (χ2v) is 3.87. The summed E-state index contributed by atoms with van der Waals surface area (Å²) in [5.74, 6) is 1.55. The summed E-state index contributed by atoms with van der Waals surface area (Å²) in [4.78, 5) is 1.41. The number of hydrogen-bond acceptors (Lipinski definition) is 5. The van der Waals surface area contributed by atoms with Crippen LogP contribution in [0.5, 0.6) is 5.75 Å². The van der Waals surface area contributed by atoms with Gasteiger partial charge in [0, 0.05) is 6.42 Å². The molecule has 0 unspecified atom stereocenters. The van der Waals surface area contributed by atoms with Crippen molar-refractivity contribution < 1.29 is 9.84 Å². The summed E-state index contributed by atoms with van der Waals surface area (Å²) >= 11 is 0. The number of hydrogen-bond donors (Lipinski definition) is 1. The smallest absolute Gasteiger partial charge is 0.175 e. The summed E-state index contributed by atoms with van der Waals surface area (Å²) < 4.78 is 5.10. The number of nitrogens with zero attached hydrogens (tertiary/aromatic N) is 4. The molecule has 0 fully saturated rings. The molecule has 6 heteroatoms. The summed E-state index contributed by atoms with van der Waals surface area (Å²) in [5, 5.41) is 20.7. The molecule has 1 aromatic heterocycles. The van der Waals surface area contributed by atoms with E-state index in [4.69, 9.17) is 9.84 Å². The third-order valence-electron chi connectivity index (χ3n) is 2.59. The lowest BCUT2D eigenvalue weighted by Gasteiger charge is -2.01. The first-order chi connectivity index (χ1) is 8.81. The van der Waals surface area contributed by atoms with E-state index in [9.17, 15) is 0 Å². The van der Waals surface area contributed by atoms with Crippen molar-refractivity contribution in [3.8, 4) is 5.75 Å². The molecule has 6 nitrogen and oxygen atoms in total. The zero-order valence-corrected chi connectivity index (χ0v) is 10.3. The van der Waals surface area contributed by atoms with E-state index in [2.05, 4.69) is 15.4 Å². The number of aliphatic hydroxyl groups is 1. The van der Waals surface area contributed by atoms with Gasteiger partial charge in [0.25, 0.3) is 0 Å². The standard InChI is InChI=1S/C12H16N4O2/c1-18-11-5-2-10(3-6-11)4-7-12-13-15-16(14-12)8-9-17/h2-3,5-6,17H,4,7-9H2,1H3. The van der Waals surface area contributed by atoms with E-state index in [1.165, 1.54) is 10.4 Å². The predicted molar refractivity (Wildman–Crippen MR) is 65.3 cm³/mol. The van der Waals surface area contributed by atoms with Gasteiger partial charge in [0.15, 0.2) is 5.82 Å². The summed E-state index contributed by atoms with van der Waals surface area (Å²) in [6, 6.07) is 7.92. The van der Waals surface area contributed by atoms with Gasteiger partial charge in [0.1, 0.15) is 5.75 Å². The number of rotatable bonds is 6. The maximum atomic E-state index is 8.75. The van der Waals surface area contributed by atoms with E-state index in [0.29, 0.717) is 12.4 Å². The number of ether oxygens (including phenoxy) is 1. The Morgan fingerprint density at radius 1 is 1.22 bits per heavy atom. The van der Waals surface area contributed by atoms with Gasteiger partial charge in [0.2, 0.25) is 0 Å². The first-order valence-electron chi connectivity index (χ1n) is 5.82. The summed E-state index contributed by atoms with van der Waals surface area (Å²) in [5.41, 5.74) is 1.20. The molecule has 0 bridgehead atoms. The van der Waals surface area contributed by atoms with Gasteiger partial charge in [0.05, 0.1) is 20.3 Å². The van der Waals surface area contributed by atoms with Crippen LogP contribution in [0.4, 0.5) is 0 Å². The fraction of sp³-hybridized carbons (Fsp3) is 0.417. The Labute approximate surface area is 105 Å². The van der Waals surface area contributed by atoms with Gasteiger partial charge in [-0.1, -0.05) is 12.1 Å². The molecule has 1 heterocycles. The van der Waals surface area contributed by atoms with Crippen molar-refractivity contribution in [3.05, 3.63) is 35.7 Å². The van der Waals surface area contributed by atoms with Crippen molar-refractivity contribution in [2.45, 2.75) is 19.4 Å². The van der Waals surface area contributed by atoms with E-state index >= 15 is 0 Å². The minimum absolute atomic E-state index is 0.0221. The van der Waals surface area contributed by atoms with Gasteiger partial charge >= 0.3 is 0 Å². The summed E-state index contributed by atoms with van der Waals surface area (Å²) in [6.07, 6.45) is 1.59. The Morgan fingerprint density at radius 2 is 2.00 bits per heavy atom. The molecule has 0 radical (unpaired) electrons. The highest BCUT2D eigenvalue weighted by Gasteiger charge is 2.03. The van der Waals surface area contributed by atoms with Crippen LogP contribution in [-0.4, -0.2) is 39.0 Å². The van der Waals surface area contributed by atoms with Gasteiger partial charge in [-0.05, 0) is 29.3 Å². The topological polar surface area (TPSA) is 73.1 Å². The van der Waals surface area contributed by atoms with E-state index in [-0.39, 0.29) is 6.61 Å². The number of aryl methyl sites for hydroxylation is 2. The number of aromatic nitrogens is 4. The number of benzene rings is 1. The predicted octanol–water partition coefficient (Wildman–Crippen LogP) is 0.459. The normalized spacial score (nSPS) is 10.6. The van der Waals surface area contributed by atoms with Crippen LogP contribution in [0.2, 0.25) is 0 Å². The third kappa shape index (κ3) is 3.27. The van der Waals surface area contributed by atoms with Crippen molar-refractivity contribution in [2.75, 3.05) is 13.7 Å².